The molecule has 1 saturated heterocycles. The van der Waals surface area contributed by atoms with E-state index < -0.39 is 113 Å². The summed E-state index contributed by atoms with van der Waals surface area (Å²) in [4.78, 5) is 46.0. The number of halogens is 2. The van der Waals surface area contributed by atoms with E-state index in [-0.39, 0.29) is 12.0 Å². The van der Waals surface area contributed by atoms with Gasteiger partial charge in [-0.3, -0.25) is 29.8 Å². The number of rotatable bonds is 23. The minimum atomic E-state index is -1.82. The molecule has 55 heavy (non-hydrogen) atoms. The van der Waals surface area contributed by atoms with Gasteiger partial charge in [0.25, 0.3) is 11.4 Å². The third-order valence-electron chi connectivity index (χ3n) is 9.29. The second-order valence-electron chi connectivity index (χ2n) is 13.6. The van der Waals surface area contributed by atoms with Gasteiger partial charge in [0.2, 0.25) is 11.8 Å². The van der Waals surface area contributed by atoms with Crippen LogP contribution in [0.3, 0.4) is 0 Å². The highest BCUT2D eigenvalue weighted by Gasteiger charge is 2.45. The largest absolute Gasteiger partial charge is 0.391 e. The molecule has 2 aromatic carbocycles. The second kappa shape index (κ2) is 22.3. The topological polar surface area (TPSA) is 264 Å². The number of nitro groups is 2. The van der Waals surface area contributed by atoms with E-state index in [1.54, 1.807) is 6.07 Å². The summed E-state index contributed by atoms with van der Waals surface area (Å²) < 4.78 is 37.5. The minimum Gasteiger partial charge on any atom is -0.391 e. The predicted octanol–water partition coefficient (Wildman–Crippen LogP) is 2.24. The highest BCUT2D eigenvalue weighted by molar-refractivity contribution is 5.80. The Balaban J connectivity index is 1.42. The molecule has 7 N–H and O–H groups in total. The third-order valence-corrected chi connectivity index (χ3v) is 9.29. The molecule has 17 nitrogen and oxygen atoms in total. The number of non-ortho nitro benzene ring substituents is 1. The summed E-state index contributed by atoms with van der Waals surface area (Å²) in [5.74, 6) is -2.92. The minimum absolute atomic E-state index is 0.121. The van der Waals surface area contributed by atoms with E-state index in [0.717, 1.165) is 74.8 Å². The summed E-state index contributed by atoms with van der Waals surface area (Å²) in [6.07, 6.45) is -3.91. The smallest absolute Gasteiger partial charge is 0.279 e. The highest BCUT2D eigenvalue weighted by atomic mass is 19.2. The Kier molecular flexibility index (Phi) is 18.3. The zero-order chi connectivity index (χ0) is 40.7. The number of hydrogen-bond acceptors (Lipinski definition) is 13. The van der Waals surface area contributed by atoms with Gasteiger partial charge in [-0.15, -0.1) is 0 Å². The molecule has 0 radical (unpaired) electrons. The van der Waals surface area contributed by atoms with Crippen molar-refractivity contribution in [3.63, 3.8) is 0 Å². The number of unbranched alkanes of at least 4 members (excludes halogenated alkanes) is 7. The molecular weight excluding hydrogens is 734 g/mol. The first-order chi connectivity index (χ1) is 26.1. The molecule has 2 aromatic rings. The van der Waals surface area contributed by atoms with Crippen LogP contribution in [-0.4, -0.2) is 109 Å². The van der Waals surface area contributed by atoms with Crippen LogP contribution in [0.1, 0.15) is 75.8 Å². The van der Waals surface area contributed by atoms with Crippen LogP contribution in [0.5, 0.6) is 0 Å². The Morgan fingerprint density at radius 2 is 1.51 bits per heavy atom. The molecule has 1 aliphatic rings. The Hall–Kier alpha value is -4.24. The number of benzene rings is 2. The maximum Gasteiger partial charge on any atom is 0.279 e. The number of hydrogen-bond donors (Lipinski definition) is 7. The van der Waals surface area contributed by atoms with Gasteiger partial charge in [-0.2, -0.15) is 0 Å². The molecule has 1 heterocycles. The summed E-state index contributed by atoms with van der Waals surface area (Å²) >= 11 is 0. The van der Waals surface area contributed by atoms with Gasteiger partial charge in [0.05, 0.1) is 41.1 Å². The van der Waals surface area contributed by atoms with Crippen LogP contribution >= 0.6 is 0 Å². The van der Waals surface area contributed by atoms with Crippen molar-refractivity contribution in [3.8, 4) is 0 Å². The van der Waals surface area contributed by atoms with Gasteiger partial charge in [0, 0.05) is 24.6 Å². The normalized spacial score (nSPS) is 21.3. The van der Waals surface area contributed by atoms with Crippen LogP contribution in [0.25, 0.3) is 0 Å². The number of nitro benzene ring substituents is 2. The summed E-state index contributed by atoms with van der Waals surface area (Å²) in [5.41, 5.74) is -0.546. The molecule has 0 saturated carbocycles. The molecule has 19 heteroatoms. The van der Waals surface area contributed by atoms with Gasteiger partial charge in [-0.05, 0) is 49.9 Å². The molecule has 0 aliphatic carbocycles. The molecule has 8 atom stereocenters. The van der Waals surface area contributed by atoms with Crippen LogP contribution in [0, 0.1) is 31.9 Å². The summed E-state index contributed by atoms with van der Waals surface area (Å²) in [7, 11) is 0. The summed E-state index contributed by atoms with van der Waals surface area (Å²) in [6.45, 7) is 0.338. The average molecular weight is 785 g/mol. The van der Waals surface area contributed by atoms with Gasteiger partial charge in [0.1, 0.15) is 30.5 Å². The Bertz CT molecular complexity index is 1590. The van der Waals surface area contributed by atoms with E-state index in [1.807, 2.05) is 0 Å². The van der Waals surface area contributed by atoms with Crippen LogP contribution in [0.4, 0.5) is 20.2 Å². The summed E-state index contributed by atoms with van der Waals surface area (Å²) in [6, 6.07) is 5.56. The number of aliphatic hydroxyl groups excluding tert-OH is 5. The number of carbonyl (C=O) groups excluding carboxylic acids is 2. The number of amides is 2. The first-order valence-corrected chi connectivity index (χ1v) is 18.2. The maximum absolute atomic E-state index is 13.3. The van der Waals surface area contributed by atoms with Gasteiger partial charge >= 0.3 is 0 Å². The third kappa shape index (κ3) is 14.4. The van der Waals surface area contributed by atoms with Crippen LogP contribution in [0.15, 0.2) is 36.4 Å². The van der Waals surface area contributed by atoms with Crippen LogP contribution in [-0.2, 0) is 31.9 Å². The maximum atomic E-state index is 13.3. The van der Waals surface area contributed by atoms with Crippen molar-refractivity contribution in [1.82, 2.24) is 10.6 Å². The fraction of sp³-hybridized carbons (Fsp3) is 0.611. The van der Waals surface area contributed by atoms with Crippen molar-refractivity contribution < 1.29 is 63.2 Å². The molecule has 306 valence electrons. The average Bonchev–Trinajstić information content (AvgIpc) is 3.14. The predicted molar refractivity (Wildman–Crippen MR) is 190 cm³/mol. The van der Waals surface area contributed by atoms with Gasteiger partial charge in [-0.25, -0.2) is 8.78 Å². The fourth-order valence-corrected chi connectivity index (χ4v) is 6.07. The molecule has 1 aliphatic heterocycles. The molecular formula is C36H50F2N4O13. The standard InChI is InChI=1S/C36H50F2N4O13/c1-21(43)32(46)27(40-30(44)11-9-7-5-3-2-4-6-8-10-22-12-15-25(37)26(38)16-22)20-54-36-35(49)34(48)33(47)29(55-36)19-39-31(45)17-23-13-14-24(41(50)51)18-28(23)42(52)53/h12-16,18,21,27,29,32-36,43,46-49H,2-11,17,19-20H2,1H3,(H,39,45)(H,40,44)/t21-,27+,29?,32-,33+,34?,35?,36+/m1/s1. The van der Waals surface area contributed by atoms with Gasteiger partial charge < -0.3 is 45.6 Å². The molecule has 0 bridgehead atoms. The van der Waals surface area contributed by atoms with E-state index in [0.29, 0.717) is 12.8 Å². The fourth-order valence-electron chi connectivity index (χ4n) is 6.07. The number of ether oxygens (including phenoxy) is 2. The molecule has 3 unspecified atom stereocenters. The highest BCUT2D eigenvalue weighted by Crippen LogP contribution is 2.26. The first-order valence-electron chi connectivity index (χ1n) is 18.2. The van der Waals surface area contributed by atoms with Crippen LogP contribution in [0.2, 0.25) is 0 Å². The monoisotopic (exact) mass is 784 g/mol. The van der Waals surface area contributed by atoms with Crippen molar-refractivity contribution in [3.05, 3.63) is 79.4 Å². The molecule has 1 fully saturated rings. The van der Waals surface area contributed by atoms with E-state index in [4.69, 9.17) is 9.47 Å². The zero-order valence-corrected chi connectivity index (χ0v) is 30.4. The quantitative estimate of drug-likeness (QED) is 0.0485. The Morgan fingerprint density at radius 1 is 0.855 bits per heavy atom. The number of aliphatic hydroxyl groups is 5. The Morgan fingerprint density at radius 3 is 2.13 bits per heavy atom. The lowest BCUT2D eigenvalue weighted by atomic mass is 9.98. The zero-order valence-electron chi connectivity index (χ0n) is 30.4. The second-order valence-corrected chi connectivity index (χ2v) is 13.6. The lowest BCUT2D eigenvalue weighted by molar-refractivity contribution is -0.394. The molecule has 2 amide bonds. The number of aryl methyl sites for hydroxylation is 1. The van der Waals surface area contributed by atoms with E-state index >= 15 is 0 Å². The number of nitrogens with zero attached hydrogens (tertiary/aromatic N) is 2. The molecule has 0 aromatic heterocycles. The van der Waals surface area contributed by atoms with Crippen molar-refractivity contribution in [1.29, 1.82) is 0 Å². The lowest BCUT2D eigenvalue weighted by Crippen LogP contribution is -2.61. The van der Waals surface area contributed by atoms with E-state index in [9.17, 15) is 64.1 Å². The SMILES string of the molecule is C[C@@H](O)[C@@H](O)[C@H](CO[C@H]1OC(CNC(=O)Cc2ccc([N+](=O)[O-])cc2[N+](=O)[O-])[C@H](O)C(O)C1O)NC(=O)CCCCCCCCCCc1ccc(F)c(F)c1. The van der Waals surface area contributed by atoms with Crippen molar-refractivity contribution in [2.45, 2.75) is 127 Å². The Labute approximate surface area is 315 Å². The van der Waals surface area contributed by atoms with Crippen molar-refractivity contribution >= 4 is 23.2 Å². The lowest BCUT2D eigenvalue weighted by Gasteiger charge is -2.41. The van der Waals surface area contributed by atoms with E-state index in [2.05, 4.69) is 10.6 Å². The van der Waals surface area contributed by atoms with E-state index in [1.165, 1.54) is 13.0 Å². The summed E-state index contributed by atoms with van der Waals surface area (Å²) in [5, 5.41) is 79.4. The number of carbonyl (C=O) groups is 2. The molecule has 3 rings (SSSR count). The van der Waals surface area contributed by atoms with Crippen molar-refractivity contribution in [2.24, 2.45) is 0 Å². The first kappa shape index (κ1) is 45.2. The molecule has 0 spiro atoms. The van der Waals surface area contributed by atoms with Gasteiger partial charge in [0.15, 0.2) is 17.9 Å². The van der Waals surface area contributed by atoms with Gasteiger partial charge in [-0.1, -0.05) is 44.6 Å². The number of nitrogens with one attached hydrogen (secondary N) is 2. The van der Waals surface area contributed by atoms with Crippen molar-refractivity contribution in [2.75, 3.05) is 13.2 Å². The van der Waals surface area contributed by atoms with Crippen LogP contribution < -0.4 is 10.6 Å².